The van der Waals surface area contributed by atoms with Crippen molar-refractivity contribution in [1.29, 1.82) is 0 Å². The maximum Gasteiger partial charge on any atom is 0.410 e. The molecule has 5 atom stereocenters. The summed E-state index contributed by atoms with van der Waals surface area (Å²) in [5.41, 5.74) is 2.85. The van der Waals surface area contributed by atoms with Crippen LogP contribution in [-0.2, 0) is 15.7 Å². The fourth-order valence-corrected chi connectivity index (χ4v) is 14.1. The van der Waals surface area contributed by atoms with Crippen molar-refractivity contribution in [3.05, 3.63) is 96.1 Å². The zero-order valence-electron chi connectivity index (χ0n) is 27.5. The number of likely N-dealkylation sites (tertiary alicyclic amines) is 1. The lowest BCUT2D eigenvalue weighted by atomic mass is 9.86. The maximum atomic E-state index is 13.7. The monoisotopic (exact) mass is 622 g/mol. The molecule has 7 rings (SSSR count). The molecule has 0 radical (unpaired) electrons. The Kier molecular flexibility index (Phi) is 8.43. The van der Waals surface area contributed by atoms with E-state index in [9.17, 15) is 4.79 Å². The zero-order chi connectivity index (χ0) is 31.2. The summed E-state index contributed by atoms with van der Waals surface area (Å²) in [4.78, 5) is 18.4. The van der Waals surface area contributed by atoms with E-state index < -0.39 is 8.32 Å². The van der Waals surface area contributed by atoms with Gasteiger partial charge in [-0.1, -0.05) is 119 Å². The second kappa shape index (κ2) is 12.3. The molecular formula is C39H50N2O3Si. The third kappa shape index (κ3) is 5.47. The largest absolute Gasteiger partial charge is 0.450 e. The van der Waals surface area contributed by atoms with E-state index >= 15 is 0 Å². The topological polar surface area (TPSA) is 42.0 Å². The minimum absolute atomic E-state index is 0.00851. The summed E-state index contributed by atoms with van der Waals surface area (Å²) >= 11 is 0. The van der Waals surface area contributed by atoms with Crippen LogP contribution >= 0.6 is 0 Å². The van der Waals surface area contributed by atoms with Gasteiger partial charge in [-0.15, -0.1) is 0 Å². The van der Waals surface area contributed by atoms with Gasteiger partial charge in [-0.25, -0.2) is 4.79 Å². The van der Waals surface area contributed by atoms with Crippen LogP contribution in [0.5, 0.6) is 0 Å². The van der Waals surface area contributed by atoms with Crippen LogP contribution in [0.25, 0.3) is 0 Å². The van der Waals surface area contributed by atoms with Crippen LogP contribution in [0.15, 0.2) is 84.9 Å². The molecule has 0 N–H and O–H groups in total. The van der Waals surface area contributed by atoms with Crippen molar-refractivity contribution in [2.45, 2.75) is 108 Å². The van der Waals surface area contributed by atoms with Crippen LogP contribution in [0.2, 0.25) is 5.04 Å². The van der Waals surface area contributed by atoms with Gasteiger partial charge in [0.15, 0.2) is 0 Å². The standard InChI is InChI=1S/C39H50N2O3Si/c1-5-43-38(42)41-34-24-29-25-35(41)37(36(34)40(27-29)26-28-20-22-31(23-21-28)30-14-12-13-15-30)44-45(39(2,3)4,32-16-8-6-9-17-32)33-18-10-7-11-19-33/h6-11,16-23,29-30,34-37H,5,12-15,24-27H2,1-4H3/t29?,34?,35?,36?,37-/m0/s1. The van der Waals surface area contributed by atoms with Gasteiger partial charge in [-0.2, -0.15) is 0 Å². The van der Waals surface area contributed by atoms with E-state index in [1.807, 2.05) is 6.92 Å². The van der Waals surface area contributed by atoms with Gasteiger partial charge in [-0.05, 0) is 71.0 Å². The molecule has 3 aromatic rings. The van der Waals surface area contributed by atoms with E-state index in [-0.39, 0.29) is 35.4 Å². The second-order valence-electron chi connectivity index (χ2n) is 15.0. The molecule has 4 fully saturated rings. The molecule has 0 spiro atoms. The van der Waals surface area contributed by atoms with Gasteiger partial charge in [0.05, 0.1) is 30.8 Å². The predicted molar refractivity (Wildman–Crippen MR) is 184 cm³/mol. The lowest BCUT2D eigenvalue weighted by molar-refractivity contribution is 0.00794. The predicted octanol–water partition coefficient (Wildman–Crippen LogP) is 7.09. The molecule has 3 aromatic carbocycles. The van der Waals surface area contributed by atoms with Crippen molar-refractivity contribution in [3.63, 3.8) is 0 Å². The number of hydrogen-bond donors (Lipinski definition) is 0. The Labute approximate surface area is 271 Å². The Balaban J connectivity index is 1.29. The van der Waals surface area contributed by atoms with Crippen molar-refractivity contribution in [3.8, 4) is 0 Å². The number of carbonyl (C=O) groups is 1. The van der Waals surface area contributed by atoms with Crippen LogP contribution < -0.4 is 10.4 Å². The van der Waals surface area contributed by atoms with Crippen molar-refractivity contribution in [2.75, 3.05) is 13.2 Å². The van der Waals surface area contributed by atoms with Gasteiger partial charge in [-0.3, -0.25) is 9.80 Å². The van der Waals surface area contributed by atoms with Gasteiger partial charge in [0, 0.05) is 13.1 Å². The van der Waals surface area contributed by atoms with Crippen LogP contribution in [0.4, 0.5) is 4.79 Å². The SMILES string of the molecule is CCOC(=O)N1C2CC3CC1[C@H](O[Si](c1ccccc1)(c1ccccc1)C(C)(C)C)C2N(Cc1ccc(C2CCCC2)cc1)C3. The molecule has 4 unspecified atom stereocenters. The maximum absolute atomic E-state index is 13.7. The Morgan fingerprint density at radius 2 is 1.44 bits per heavy atom. The lowest BCUT2D eigenvalue weighted by Gasteiger charge is -2.47. The Bertz CT molecular complexity index is 1410. The van der Waals surface area contributed by atoms with E-state index in [4.69, 9.17) is 9.16 Å². The summed E-state index contributed by atoms with van der Waals surface area (Å²) in [7, 11) is -2.85. The van der Waals surface area contributed by atoms with Gasteiger partial charge in [0.2, 0.25) is 0 Å². The van der Waals surface area contributed by atoms with Crippen LogP contribution in [0, 0.1) is 5.92 Å². The number of benzene rings is 3. The number of nitrogens with zero attached hydrogens (tertiary/aromatic N) is 2. The highest BCUT2D eigenvalue weighted by atomic mass is 28.4. The molecule has 0 aromatic heterocycles. The van der Waals surface area contributed by atoms with Crippen molar-refractivity contribution in [2.24, 2.45) is 5.92 Å². The fourth-order valence-electron chi connectivity index (χ4n) is 9.42. The van der Waals surface area contributed by atoms with E-state index in [0.29, 0.717) is 12.5 Å². The minimum Gasteiger partial charge on any atom is -0.450 e. The summed E-state index contributed by atoms with van der Waals surface area (Å²) in [5.74, 6) is 1.27. The lowest BCUT2D eigenvalue weighted by Crippen LogP contribution is -2.69. The van der Waals surface area contributed by atoms with Gasteiger partial charge >= 0.3 is 6.09 Å². The zero-order valence-corrected chi connectivity index (χ0v) is 28.5. The van der Waals surface area contributed by atoms with E-state index in [1.165, 1.54) is 47.2 Å². The molecular weight excluding hydrogens is 573 g/mol. The molecule has 5 nitrogen and oxygen atoms in total. The number of rotatable bonds is 8. The molecule has 3 aliphatic heterocycles. The Morgan fingerprint density at radius 1 is 0.844 bits per heavy atom. The average Bonchev–Trinajstić information content (AvgIpc) is 3.61. The molecule has 1 saturated carbocycles. The summed E-state index contributed by atoms with van der Waals surface area (Å²) in [6.07, 6.45) is 7.07. The van der Waals surface area contributed by atoms with E-state index in [1.54, 1.807) is 0 Å². The summed E-state index contributed by atoms with van der Waals surface area (Å²) in [5, 5.41) is 2.44. The molecule has 3 heterocycles. The summed E-state index contributed by atoms with van der Waals surface area (Å²) in [6, 6.07) is 31.6. The fraction of sp³-hybridized carbons (Fsp3) is 0.513. The molecule has 3 bridgehead atoms. The molecule has 238 valence electrons. The summed E-state index contributed by atoms with van der Waals surface area (Å²) < 4.78 is 13.7. The molecule has 4 aliphatic rings. The average molecular weight is 623 g/mol. The summed E-state index contributed by atoms with van der Waals surface area (Å²) in [6.45, 7) is 11.3. The molecule has 1 amide bonds. The highest BCUT2D eigenvalue weighted by Crippen LogP contribution is 2.50. The van der Waals surface area contributed by atoms with Crippen molar-refractivity contribution in [1.82, 2.24) is 9.80 Å². The third-order valence-corrected chi connectivity index (χ3v) is 16.3. The van der Waals surface area contributed by atoms with Crippen LogP contribution in [0.3, 0.4) is 0 Å². The highest BCUT2D eigenvalue weighted by molar-refractivity contribution is 6.99. The van der Waals surface area contributed by atoms with Crippen LogP contribution in [0.1, 0.15) is 83.3 Å². The normalized spacial score (nSPS) is 26.8. The third-order valence-electron chi connectivity index (χ3n) is 11.3. The minimum atomic E-state index is -2.85. The van der Waals surface area contributed by atoms with Crippen molar-refractivity contribution < 1.29 is 14.0 Å². The van der Waals surface area contributed by atoms with E-state index in [0.717, 1.165) is 31.8 Å². The number of piperidine rings is 2. The first-order chi connectivity index (χ1) is 21.8. The molecule has 1 aliphatic carbocycles. The first-order valence-corrected chi connectivity index (χ1v) is 19.3. The first-order valence-electron chi connectivity index (χ1n) is 17.4. The van der Waals surface area contributed by atoms with Gasteiger partial charge < -0.3 is 9.16 Å². The van der Waals surface area contributed by atoms with E-state index in [2.05, 4.69) is 116 Å². The molecule has 6 heteroatoms. The number of fused-ring (bicyclic) bond motifs is 2. The quantitative estimate of drug-likeness (QED) is 0.252. The number of hydrogen-bond acceptors (Lipinski definition) is 4. The smallest absolute Gasteiger partial charge is 0.410 e. The Hall–Kier alpha value is -2.93. The van der Waals surface area contributed by atoms with Gasteiger partial charge in [0.25, 0.3) is 8.32 Å². The Morgan fingerprint density at radius 3 is 2.02 bits per heavy atom. The first kappa shape index (κ1) is 30.7. The highest BCUT2D eigenvalue weighted by Gasteiger charge is 2.64. The molecule has 45 heavy (non-hydrogen) atoms. The molecule has 3 saturated heterocycles. The number of carbonyl (C=O) groups excluding carboxylic acids is 1. The van der Waals surface area contributed by atoms with Crippen molar-refractivity contribution >= 4 is 24.8 Å². The van der Waals surface area contributed by atoms with Crippen LogP contribution in [-0.4, -0.2) is 61.6 Å². The van der Waals surface area contributed by atoms with Gasteiger partial charge in [0.1, 0.15) is 0 Å². The number of ether oxygens (including phenoxy) is 1. The number of amides is 1. The second-order valence-corrected chi connectivity index (χ2v) is 19.2.